The number of rotatable bonds is 4. The zero-order valence-electron chi connectivity index (χ0n) is 10.9. The predicted octanol–water partition coefficient (Wildman–Crippen LogP) is 2.23. The molecule has 0 bridgehead atoms. The van der Waals surface area contributed by atoms with Crippen LogP contribution in [0.5, 0.6) is 11.5 Å². The van der Waals surface area contributed by atoms with Crippen molar-refractivity contribution >= 4 is 5.91 Å². The van der Waals surface area contributed by atoms with Gasteiger partial charge in [-0.3, -0.25) is 4.79 Å². The Bertz CT molecular complexity index is 429. The average Bonchev–Trinajstić information content (AvgIpc) is 2.37. The molecule has 0 saturated carbocycles. The first kappa shape index (κ1) is 12.7. The normalized spacial score (nSPS) is 13.5. The lowest BCUT2D eigenvalue weighted by atomic mass is 10.1. The predicted molar refractivity (Wildman–Crippen MR) is 69.2 cm³/mol. The van der Waals surface area contributed by atoms with Crippen LogP contribution in [0.1, 0.15) is 30.6 Å². The van der Waals surface area contributed by atoms with E-state index in [-0.39, 0.29) is 5.91 Å². The fraction of sp³-hybridized carbons (Fsp3) is 0.500. The Morgan fingerprint density at radius 3 is 2.89 bits per heavy atom. The van der Waals surface area contributed by atoms with Crippen LogP contribution in [0.3, 0.4) is 0 Å². The van der Waals surface area contributed by atoms with Gasteiger partial charge in [0.05, 0.1) is 5.56 Å². The maximum atomic E-state index is 12.1. The Balaban J connectivity index is 2.06. The van der Waals surface area contributed by atoms with E-state index in [4.69, 9.17) is 9.47 Å². The minimum atomic E-state index is -0.0991. The standard InChI is InChI=1S/C14H19NO3/c1-10(2)6-7-15-14(16)11-4-3-5-12-13(11)18-9-8-17-12/h3-5,10H,6-9H2,1-2H3,(H,15,16). The maximum Gasteiger partial charge on any atom is 0.255 e. The van der Waals surface area contributed by atoms with Crippen molar-refractivity contribution in [1.82, 2.24) is 5.32 Å². The Kier molecular flexibility index (Phi) is 4.07. The summed E-state index contributed by atoms with van der Waals surface area (Å²) in [4.78, 5) is 12.1. The highest BCUT2D eigenvalue weighted by atomic mass is 16.6. The molecular formula is C14H19NO3. The fourth-order valence-corrected chi connectivity index (χ4v) is 1.82. The molecule has 4 heteroatoms. The third-order valence-corrected chi connectivity index (χ3v) is 2.82. The molecule has 98 valence electrons. The second-order valence-corrected chi connectivity index (χ2v) is 4.77. The molecule has 1 N–H and O–H groups in total. The Morgan fingerprint density at radius 1 is 1.33 bits per heavy atom. The summed E-state index contributed by atoms with van der Waals surface area (Å²) >= 11 is 0. The van der Waals surface area contributed by atoms with E-state index >= 15 is 0 Å². The number of ether oxygens (including phenoxy) is 2. The lowest BCUT2D eigenvalue weighted by Crippen LogP contribution is -2.27. The smallest absolute Gasteiger partial charge is 0.255 e. The van der Waals surface area contributed by atoms with Gasteiger partial charge < -0.3 is 14.8 Å². The van der Waals surface area contributed by atoms with Crippen LogP contribution in [0.2, 0.25) is 0 Å². The van der Waals surface area contributed by atoms with Gasteiger partial charge in [-0.2, -0.15) is 0 Å². The highest BCUT2D eigenvalue weighted by Gasteiger charge is 2.19. The summed E-state index contributed by atoms with van der Waals surface area (Å²) in [6.07, 6.45) is 0.970. The van der Waals surface area contributed by atoms with Crippen LogP contribution in [-0.2, 0) is 0 Å². The molecule has 1 amide bonds. The molecule has 18 heavy (non-hydrogen) atoms. The molecule has 0 aliphatic carbocycles. The number of hydrogen-bond donors (Lipinski definition) is 1. The van der Waals surface area contributed by atoms with Crippen molar-refractivity contribution in [3.63, 3.8) is 0 Å². The molecule has 0 unspecified atom stereocenters. The lowest BCUT2D eigenvalue weighted by Gasteiger charge is -2.20. The SMILES string of the molecule is CC(C)CCNC(=O)c1cccc2c1OCCO2. The van der Waals surface area contributed by atoms with Crippen LogP contribution in [-0.4, -0.2) is 25.7 Å². The van der Waals surface area contributed by atoms with Gasteiger partial charge in [0.1, 0.15) is 13.2 Å². The van der Waals surface area contributed by atoms with E-state index in [0.717, 1.165) is 6.42 Å². The van der Waals surface area contributed by atoms with Crippen LogP contribution < -0.4 is 14.8 Å². The van der Waals surface area contributed by atoms with Crippen molar-refractivity contribution < 1.29 is 14.3 Å². The van der Waals surface area contributed by atoms with Crippen molar-refractivity contribution in [2.24, 2.45) is 5.92 Å². The van der Waals surface area contributed by atoms with Gasteiger partial charge >= 0.3 is 0 Å². The lowest BCUT2D eigenvalue weighted by molar-refractivity contribution is 0.0941. The van der Waals surface area contributed by atoms with Gasteiger partial charge in [0.15, 0.2) is 11.5 Å². The topological polar surface area (TPSA) is 47.6 Å². The van der Waals surface area contributed by atoms with E-state index in [1.165, 1.54) is 0 Å². The molecule has 1 aromatic rings. The largest absolute Gasteiger partial charge is 0.486 e. The highest BCUT2D eigenvalue weighted by Crippen LogP contribution is 2.33. The number of nitrogens with one attached hydrogen (secondary N) is 1. The van der Waals surface area contributed by atoms with Gasteiger partial charge in [-0.1, -0.05) is 19.9 Å². The third kappa shape index (κ3) is 2.94. The molecule has 0 saturated heterocycles. The highest BCUT2D eigenvalue weighted by molar-refractivity contribution is 5.97. The van der Waals surface area contributed by atoms with Crippen LogP contribution >= 0.6 is 0 Å². The van der Waals surface area contributed by atoms with Crippen molar-refractivity contribution in [2.45, 2.75) is 20.3 Å². The van der Waals surface area contributed by atoms with Crippen molar-refractivity contribution in [3.8, 4) is 11.5 Å². The molecule has 0 spiro atoms. The number of benzene rings is 1. The van der Waals surface area contributed by atoms with Crippen molar-refractivity contribution in [1.29, 1.82) is 0 Å². The first-order valence-corrected chi connectivity index (χ1v) is 6.35. The van der Waals surface area contributed by atoms with Crippen LogP contribution in [0.4, 0.5) is 0 Å². The van der Waals surface area contributed by atoms with E-state index < -0.39 is 0 Å². The summed E-state index contributed by atoms with van der Waals surface area (Å²) in [6.45, 7) is 5.97. The summed E-state index contributed by atoms with van der Waals surface area (Å²) in [5.74, 6) is 1.69. The van der Waals surface area contributed by atoms with Crippen molar-refractivity contribution in [2.75, 3.05) is 19.8 Å². The number of carbonyl (C=O) groups is 1. The van der Waals surface area contributed by atoms with E-state index in [1.54, 1.807) is 6.07 Å². The quantitative estimate of drug-likeness (QED) is 0.890. The molecule has 0 fully saturated rings. The summed E-state index contributed by atoms with van der Waals surface area (Å²) in [6, 6.07) is 5.39. The third-order valence-electron chi connectivity index (χ3n) is 2.82. The van der Waals surface area contributed by atoms with Crippen LogP contribution in [0, 0.1) is 5.92 Å². The van der Waals surface area contributed by atoms with Gasteiger partial charge in [-0.15, -0.1) is 0 Å². The number of carbonyl (C=O) groups excluding carboxylic acids is 1. The van der Waals surface area contributed by atoms with Gasteiger partial charge in [0.25, 0.3) is 5.91 Å². The Hall–Kier alpha value is -1.71. The van der Waals surface area contributed by atoms with E-state index in [9.17, 15) is 4.79 Å². The molecule has 0 radical (unpaired) electrons. The number of para-hydroxylation sites is 1. The first-order valence-electron chi connectivity index (χ1n) is 6.35. The van der Waals surface area contributed by atoms with E-state index in [0.29, 0.717) is 42.7 Å². The van der Waals surface area contributed by atoms with Gasteiger partial charge in [-0.05, 0) is 24.5 Å². The van der Waals surface area contributed by atoms with Crippen LogP contribution in [0.15, 0.2) is 18.2 Å². The molecule has 1 aromatic carbocycles. The second-order valence-electron chi connectivity index (χ2n) is 4.77. The zero-order valence-corrected chi connectivity index (χ0v) is 10.9. The molecule has 1 heterocycles. The van der Waals surface area contributed by atoms with Gasteiger partial charge in [0.2, 0.25) is 0 Å². The van der Waals surface area contributed by atoms with Crippen molar-refractivity contribution in [3.05, 3.63) is 23.8 Å². The fourth-order valence-electron chi connectivity index (χ4n) is 1.82. The molecule has 1 aliphatic rings. The first-order chi connectivity index (χ1) is 8.68. The maximum absolute atomic E-state index is 12.1. The summed E-state index contributed by atoms with van der Waals surface area (Å²) in [5.41, 5.74) is 0.552. The minimum Gasteiger partial charge on any atom is -0.486 e. The average molecular weight is 249 g/mol. The Morgan fingerprint density at radius 2 is 2.11 bits per heavy atom. The van der Waals surface area contributed by atoms with Crippen LogP contribution in [0.25, 0.3) is 0 Å². The number of hydrogen-bond acceptors (Lipinski definition) is 3. The van der Waals surface area contributed by atoms with Gasteiger partial charge in [0, 0.05) is 6.54 Å². The van der Waals surface area contributed by atoms with Gasteiger partial charge in [-0.25, -0.2) is 0 Å². The van der Waals surface area contributed by atoms with E-state index in [1.807, 2.05) is 12.1 Å². The molecule has 2 rings (SSSR count). The summed E-state index contributed by atoms with van der Waals surface area (Å²) in [7, 11) is 0. The number of amides is 1. The minimum absolute atomic E-state index is 0.0991. The molecule has 4 nitrogen and oxygen atoms in total. The summed E-state index contributed by atoms with van der Waals surface area (Å²) < 4.78 is 11.0. The Labute approximate surface area is 107 Å². The molecule has 0 aromatic heterocycles. The molecular weight excluding hydrogens is 230 g/mol. The second kappa shape index (κ2) is 5.76. The zero-order chi connectivity index (χ0) is 13.0. The molecule has 1 aliphatic heterocycles. The monoisotopic (exact) mass is 249 g/mol. The molecule has 0 atom stereocenters. The summed E-state index contributed by atoms with van der Waals surface area (Å²) in [5, 5.41) is 2.91. The van der Waals surface area contributed by atoms with E-state index in [2.05, 4.69) is 19.2 Å². The number of fused-ring (bicyclic) bond motifs is 1.